The van der Waals surface area contributed by atoms with Crippen LogP contribution in [0.5, 0.6) is 0 Å². The van der Waals surface area contributed by atoms with Crippen molar-refractivity contribution in [3.63, 3.8) is 0 Å². The first kappa shape index (κ1) is 30.0. The van der Waals surface area contributed by atoms with Gasteiger partial charge in [-0.3, -0.25) is 5.01 Å². The van der Waals surface area contributed by atoms with E-state index >= 15 is 0 Å². The van der Waals surface area contributed by atoms with Gasteiger partial charge in [0.2, 0.25) is 0 Å². The van der Waals surface area contributed by atoms with Crippen molar-refractivity contribution in [1.29, 1.82) is 0 Å². The minimum Gasteiger partial charge on any atom is -1.00 e. The molecule has 0 N–H and O–H groups in total. The molecule has 0 amide bonds. The van der Waals surface area contributed by atoms with Crippen LogP contribution >= 0.6 is 0 Å². The largest absolute Gasteiger partial charge is 1.00 e. The molecule has 0 aliphatic heterocycles. The number of unbranched alkanes of at least 4 members (excludes halogenated alkanes) is 6. The van der Waals surface area contributed by atoms with Crippen molar-refractivity contribution in [3.05, 3.63) is 4.91 Å². The van der Waals surface area contributed by atoms with Crippen molar-refractivity contribution in [2.24, 2.45) is 5.29 Å². The van der Waals surface area contributed by atoms with Gasteiger partial charge in [0.1, 0.15) is 0 Å². The first-order chi connectivity index (χ1) is 10.6. The Balaban J connectivity index is -0.00000242. The Morgan fingerprint density at radius 1 is 0.600 bits per heavy atom. The summed E-state index contributed by atoms with van der Waals surface area (Å²) in [6.45, 7) is 4.10. The van der Waals surface area contributed by atoms with Crippen molar-refractivity contribution in [2.75, 3.05) is 68.5 Å². The third kappa shape index (κ3) is 24.3. The van der Waals surface area contributed by atoms with Crippen LogP contribution < -0.4 is 34.0 Å². The molecule has 0 aromatic heterocycles. The zero-order valence-electron chi connectivity index (χ0n) is 17.4. The van der Waals surface area contributed by atoms with Gasteiger partial charge >= 0.3 is 0 Å². The maximum Gasteiger partial charge on any atom is 0.0780 e. The number of nitroso groups, excluding NO2 is 1. The van der Waals surface area contributed by atoms with E-state index in [9.17, 15) is 4.91 Å². The monoisotopic (exact) mass is 488 g/mol. The number of nitrogens with zero attached hydrogens (tertiary/aromatic N) is 4. The Morgan fingerprint density at radius 2 is 0.920 bits per heavy atom. The van der Waals surface area contributed by atoms with Crippen LogP contribution in [0.3, 0.4) is 0 Å². The van der Waals surface area contributed by atoms with E-state index in [4.69, 9.17) is 0 Å². The van der Waals surface area contributed by atoms with Gasteiger partial charge in [-0.15, -0.1) is 4.91 Å². The Hall–Kier alpha value is 0.280. The standard InChI is InChI=1S/C18H42N4O.2BrH/c1-21(2,3)17-13-9-7-11-15-20(19-23)16-12-8-10-14-18-22(4,5)6;;/h7-18H2,1-6H3;2*1H/q+2;;/p-2. The van der Waals surface area contributed by atoms with Crippen molar-refractivity contribution < 1.29 is 42.9 Å². The summed E-state index contributed by atoms with van der Waals surface area (Å²) >= 11 is 0. The van der Waals surface area contributed by atoms with Crippen LogP contribution in [0.2, 0.25) is 0 Å². The molecule has 0 aromatic rings. The molecule has 0 aliphatic carbocycles. The zero-order valence-corrected chi connectivity index (χ0v) is 20.6. The van der Waals surface area contributed by atoms with E-state index < -0.39 is 0 Å². The van der Waals surface area contributed by atoms with Crippen LogP contribution in [-0.4, -0.2) is 82.4 Å². The highest BCUT2D eigenvalue weighted by Gasteiger charge is 2.07. The highest BCUT2D eigenvalue weighted by molar-refractivity contribution is 4.54. The summed E-state index contributed by atoms with van der Waals surface area (Å²) in [4.78, 5) is 10.9. The summed E-state index contributed by atoms with van der Waals surface area (Å²) in [5.41, 5.74) is 0. The molecule has 0 bridgehead atoms. The predicted octanol–water partition coefficient (Wildman–Crippen LogP) is -2.49. The van der Waals surface area contributed by atoms with Crippen LogP contribution in [0, 0.1) is 4.91 Å². The smallest absolute Gasteiger partial charge is 0.0780 e. The van der Waals surface area contributed by atoms with E-state index in [0.717, 1.165) is 34.9 Å². The molecule has 5 nitrogen and oxygen atoms in total. The molecule has 0 fully saturated rings. The van der Waals surface area contributed by atoms with Crippen molar-refractivity contribution in [2.45, 2.75) is 51.4 Å². The van der Waals surface area contributed by atoms with E-state index in [1.54, 1.807) is 5.01 Å². The average molecular weight is 490 g/mol. The van der Waals surface area contributed by atoms with Crippen LogP contribution in [-0.2, 0) is 0 Å². The summed E-state index contributed by atoms with van der Waals surface area (Å²) in [6, 6.07) is 0. The summed E-state index contributed by atoms with van der Waals surface area (Å²) in [5.74, 6) is 0. The third-order valence-corrected chi connectivity index (χ3v) is 4.11. The molecule has 0 saturated carbocycles. The summed E-state index contributed by atoms with van der Waals surface area (Å²) in [6.07, 6.45) is 9.63. The molecule has 25 heavy (non-hydrogen) atoms. The summed E-state index contributed by atoms with van der Waals surface area (Å²) in [5, 5.41) is 4.90. The van der Waals surface area contributed by atoms with Gasteiger partial charge in [-0.1, -0.05) is 12.8 Å². The van der Waals surface area contributed by atoms with Gasteiger partial charge in [0.25, 0.3) is 0 Å². The fourth-order valence-electron chi connectivity index (χ4n) is 2.66. The molecule has 154 valence electrons. The molecular formula is C18H42Br2N4O. The van der Waals surface area contributed by atoms with E-state index in [-0.39, 0.29) is 34.0 Å². The van der Waals surface area contributed by atoms with Crippen LogP contribution in [0.25, 0.3) is 0 Å². The lowest BCUT2D eigenvalue weighted by Gasteiger charge is -2.23. The Labute approximate surface area is 177 Å². The SMILES string of the molecule is C[N+](C)(C)CCCCCCN(CCCCCC[N+](C)(C)C)N=O.[Br-].[Br-]. The molecule has 0 rings (SSSR count). The third-order valence-electron chi connectivity index (χ3n) is 4.11. The van der Waals surface area contributed by atoms with E-state index in [1.165, 1.54) is 51.6 Å². The number of halogens is 2. The Morgan fingerprint density at radius 3 is 1.20 bits per heavy atom. The van der Waals surface area contributed by atoms with Gasteiger partial charge < -0.3 is 42.9 Å². The van der Waals surface area contributed by atoms with Gasteiger partial charge in [-0.25, -0.2) is 0 Å². The van der Waals surface area contributed by atoms with Crippen molar-refractivity contribution in [1.82, 2.24) is 5.01 Å². The van der Waals surface area contributed by atoms with Crippen LogP contribution in [0.4, 0.5) is 0 Å². The molecule has 0 spiro atoms. The Kier molecular flexibility index (Phi) is 19.8. The minimum absolute atomic E-state index is 0. The number of hydrogen-bond acceptors (Lipinski definition) is 2. The van der Waals surface area contributed by atoms with E-state index in [1.807, 2.05) is 0 Å². The second-order valence-electron chi connectivity index (χ2n) is 8.89. The second kappa shape index (κ2) is 16.5. The molecule has 0 aromatic carbocycles. The normalized spacial score (nSPS) is 11.4. The lowest BCUT2D eigenvalue weighted by Crippen LogP contribution is -3.00. The van der Waals surface area contributed by atoms with Crippen LogP contribution in [0.15, 0.2) is 5.29 Å². The van der Waals surface area contributed by atoms with Crippen molar-refractivity contribution >= 4 is 0 Å². The molecular weight excluding hydrogens is 448 g/mol. The fourth-order valence-corrected chi connectivity index (χ4v) is 2.66. The first-order valence-corrected chi connectivity index (χ1v) is 9.33. The molecule has 0 heterocycles. The molecule has 7 heteroatoms. The molecule has 0 atom stereocenters. The zero-order chi connectivity index (χ0) is 17.8. The maximum atomic E-state index is 10.9. The van der Waals surface area contributed by atoms with Gasteiger partial charge in [-0.05, 0) is 38.5 Å². The van der Waals surface area contributed by atoms with Crippen molar-refractivity contribution in [3.8, 4) is 0 Å². The summed E-state index contributed by atoms with van der Waals surface area (Å²) < 4.78 is 2.08. The predicted molar refractivity (Wildman–Crippen MR) is 100 cm³/mol. The molecule has 0 saturated heterocycles. The minimum atomic E-state index is 0. The van der Waals surface area contributed by atoms with Gasteiger partial charge in [0.15, 0.2) is 0 Å². The molecule has 0 radical (unpaired) electrons. The number of hydrogen-bond donors (Lipinski definition) is 0. The summed E-state index contributed by atoms with van der Waals surface area (Å²) in [7, 11) is 13.4. The quantitative estimate of drug-likeness (QED) is 0.110. The maximum absolute atomic E-state index is 10.9. The fraction of sp³-hybridized carbons (Fsp3) is 1.00. The molecule has 0 unspecified atom stereocenters. The van der Waals surface area contributed by atoms with Gasteiger partial charge in [0, 0.05) is 13.1 Å². The van der Waals surface area contributed by atoms with E-state index in [0.29, 0.717) is 0 Å². The number of quaternary nitrogens is 2. The average Bonchev–Trinajstić information content (AvgIpc) is 2.41. The van der Waals surface area contributed by atoms with Gasteiger partial charge in [-0.2, -0.15) is 0 Å². The highest BCUT2D eigenvalue weighted by atomic mass is 79.9. The lowest BCUT2D eigenvalue weighted by molar-refractivity contribution is -0.870. The Bertz CT molecular complexity index is 278. The highest BCUT2D eigenvalue weighted by Crippen LogP contribution is 2.08. The van der Waals surface area contributed by atoms with Gasteiger partial charge in [0.05, 0.1) is 60.7 Å². The van der Waals surface area contributed by atoms with Crippen LogP contribution in [0.1, 0.15) is 51.4 Å². The topological polar surface area (TPSA) is 32.7 Å². The lowest BCUT2D eigenvalue weighted by atomic mass is 10.1. The number of rotatable bonds is 15. The molecule has 0 aliphatic rings. The second-order valence-corrected chi connectivity index (χ2v) is 8.89. The van der Waals surface area contributed by atoms with E-state index in [2.05, 4.69) is 47.6 Å². The first-order valence-electron chi connectivity index (χ1n) is 9.33.